The molecular formula is C21H23N3O7. The van der Waals surface area contributed by atoms with Crippen molar-refractivity contribution in [2.45, 2.75) is 6.42 Å². The number of rotatable bonds is 10. The van der Waals surface area contributed by atoms with Gasteiger partial charge in [-0.1, -0.05) is 12.1 Å². The molecule has 10 nitrogen and oxygen atoms in total. The van der Waals surface area contributed by atoms with Gasteiger partial charge in [0.05, 0.1) is 33.2 Å². The van der Waals surface area contributed by atoms with E-state index in [1.165, 1.54) is 27.5 Å². The lowest BCUT2D eigenvalue weighted by atomic mass is 10.2. The lowest BCUT2D eigenvalue weighted by molar-refractivity contribution is -0.143. The third-order valence-electron chi connectivity index (χ3n) is 3.87. The zero-order valence-corrected chi connectivity index (χ0v) is 17.3. The van der Waals surface area contributed by atoms with Gasteiger partial charge in [0.2, 0.25) is 11.8 Å². The van der Waals surface area contributed by atoms with E-state index >= 15 is 0 Å². The van der Waals surface area contributed by atoms with Crippen LogP contribution in [-0.2, 0) is 19.1 Å². The highest BCUT2D eigenvalue weighted by atomic mass is 16.6. The molecule has 2 aromatic rings. The van der Waals surface area contributed by atoms with Gasteiger partial charge in [0.25, 0.3) is 0 Å². The maximum atomic E-state index is 12.0. The van der Waals surface area contributed by atoms with Crippen LogP contribution in [0.5, 0.6) is 17.2 Å². The molecule has 0 heterocycles. The topological polar surface area (TPSA) is 125 Å². The van der Waals surface area contributed by atoms with Crippen LogP contribution in [0.3, 0.4) is 0 Å². The van der Waals surface area contributed by atoms with Crippen LogP contribution in [0.4, 0.5) is 5.69 Å². The van der Waals surface area contributed by atoms with Crippen molar-refractivity contribution in [1.82, 2.24) is 5.43 Å². The summed E-state index contributed by atoms with van der Waals surface area (Å²) in [7, 11) is 4.20. The first-order valence-corrected chi connectivity index (χ1v) is 9.09. The highest BCUT2D eigenvalue weighted by Gasteiger charge is 2.12. The van der Waals surface area contributed by atoms with E-state index in [1.807, 2.05) is 0 Å². The van der Waals surface area contributed by atoms with Crippen LogP contribution >= 0.6 is 0 Å². The molecule has 2 aromatic carbocycles. The van der Waals surface area contributed by atoms with Gasteiger partial charge in [-0.2, -0.15) is 5.10 Å². The first-order chi connectivity index (χ1) is 15.0. The molecule has 164 valence electrons. The average Bonchev–Trinajstić information content (AvgIpc) is 2.77. The Morgan fingerprint density at radius 1 is 0.935 bits per heavy atom. The molecule has 0 bridgehead atoms. The van der Waals surface area contributed by atoms with E-state index in [-0.39, 0.29) is 6.61 Å². The third kappa shape index (κ3) is 7.35. The van der Waals surface area contributed by atoms with Gasteiger partial charge >= 0.3 is 5.97 Å². The number of ether oxygens (including phenoxy) is 4. The molecule has 0 saturated carbocycles. The Morgan fingerprint density at radius 2 is 1.68 bits per heavy atom. The van der Waals surface area contributed by atoms with Crippen molar-refractivity contribution in [3.63, 3.8) is 0 Å². The van der Waals surface area contributed by atoms with Crippen LogP contribution in [0.2, 0.25) is 0 Å². The standard InChI is InChI=1S/C21H23N3O7/c1-28-16-7-5-4-6-15(16)23-19(25)11-20(26)24-22-12-14-8-9-17(18(10-14)29-2)31-13-21(27)30-3/h4-10,12H,11,13H2,1-3H3,(H,23,25)(H,24,26). The number of benzene rings is 2. The molecule has 10 heteroatoms. The fourth-order valence-corrected chi connectivity index (χ4v) is 2.39. The summed E-state index contributed by atoms with van der Waals surface area (Å²) in [6.07, 6.45) is 0.960. The molecule has 0 unspecified atom stereocenters. The molecule has 0 spiro atoms. The number of nitrogens with one attached hydrogen (secondary N) is 2. The lowest BCUT2D eigenvalue weighted by Crippen LogP contribution is -2.24. The summed E-state index contributed by atoms with van der Waals surface area (Å²) in [5.41, 5.74) is 3.35. The highest BCUT2D eigenvalue weighted by molar-refractivity contribution is 6.04. The minimum atomic E-state index is -0.589. The Balaban J connectivity index is 1.88. The van der Waals surface area contributed by atoms with Crippen LogP contribution in [0, 0.1) is 0 Å². The van der Waals surface area contributed by atoms with E-state index in [0.29, 0.717) is 28.5 Å². The van der Waals surface area contributed by atoms with Crippen molar-refractivity contribution in [3.8, 4) is 17.2 Å². The molecular weight excluding hydrogens is 406 g/mol. The zero-order chi connectivity index (χ0) is 22.6. The largest absolute Gasteiger partial charge is 0.495 e. The Hall–Kier alpha value is -4.08. The maximum absolute atomic E-state index is 12.0. The van der Waals surface area contributed by atoms with Crippen molar-refractivity contribution in [2.24, 2.45) is 5.10 Å². The third-order valence-corrected chi connectivity index (χ3v) is 3.87. The first kappa shape index (κ1) is 23.2. The summed E-state index contributed by atoms with van der Waals surface area (Å²) in [4.78, 5) is 35.2. The molecule has 31 heavy (non-hydrogen) atoms. The van der Waals surface area contributed by atoms with Gasteiger partial charge in [0, 0.05) is 0 Å². The number of hydrogen-bond donors (Lipinski definition) is 2. The number of methoxy groups -OCH3 is 3. The lowest BCUT2D eigenvalue weighted by Gasteiger charge is -2.10. The number of hydrogen-bond acceptors (Lipinski definition) is 8. The molecule has 2 amide bonds. The van der Waals surface area contributed by atoms with E-state index in [0.717, 1.165) is 0 Å². The zero-order valence-electron chi connectivity index (χ0n) is 17.3. The Labute approximate surface area is 179 Å². The van der Waals surface area contributed by atoms with Crippen molar-refractivity contribution < 1.29 is 33.3 Å². The van der Waals surface area contributed by atoms with Gasteiger partial charge in [-0.15, -0.1) is 0 Å². The monoisotopic (exact) mass is 429 g/mol. The Morgan fingerprint density at radius 3 is 2.39 bits per heavy atom. The molecule has 2 N–H and O–H groups in total. The summed E-state index contributed by atoms with van der Waals surface area (Å²) in [6.45, 7) is -0.257. The van der Waals surface area contributed by atoms with Crippen LogP contribution in [0.15, 0.2) is 47.6 Å². The van der Waals surface area contributed by atoms with Crippen molar-refractivity contribution in [3.05, 3.63) is 48.0 Å². The van der Waals surface area contributed by atoms with Crippen molar-refractivity contribution in [1.29, 1.82) is 0 Å². The normalized spacial score (nSPS) is 10.3. The number of esters is 1. The molecule has 0 aromatic heterocycles. The van der Waals surface area contributed by atoms with Gasteiger partial charge in [-0.05, 0) is 35.9 Å². The van der Waals surface area contributed by atoms with Gasteiger partial charge in [-0.3, -0.25) is 9.59 Å². The molecule has 0 atom stereocenters. The summed E-state index contributed by atoms with van der Waals surface area (Å²) >= 11 is 0. The van der Waals surface area contributed by atoms with E-state index in [9.17, 15) is 14.4 Å². The predicted octanol–water partition coefficient (Wildman–Crippen LogP) is 1.73. The minimum Gasteiger partial charge on any atom is -0.495 e. The molecule has 0 fully saturated rings. The van der Waals surface area contributed by atoms with E-state index < -0.39 is 24.2 Å². The maximum Gasteiger partial charge on any atom is 0.343 e. The molecule has 0 saturated heterocycles. The molecule has 0 aliphatic heterocycles. The Kier molecular flexibility index (Phi) is 8.84. The molecule has 0 aliphatic rings. The number of amides is 2. The van der Waals surface area contributed by atoms with E-state index in [4.69, 9.17) is 14.2 Å². The fourth-order valence-electron chi connectivity index (χ4n) is 2.39. The van der Waals surface area contributed by atoms with Crippen molar-refractivity contribution >= 4 is 29.7 Å². The average molecular weight is 429 g/mol. The number of hydrazone groups is 1. The number of para-hydroxylation sites is 2. The second-order valence-electron chi connectivity index (χ2n) is 5.99. The van der Waals surface area contributed by atoms with Gasteiger partial charge in [-0.25, -0.2) is 10.2 Å². The summed E-state index contributed by atoms with van der Waals surface area (Å²) in [5.74, 6) is -0.413. The van der Waals surface area contributed by atoms with Crippen molar-refractivity contribution in [2.75, 3.05) is 33.3 Å². The molecule has 0 radical (unpaired) electrons. The summed E-state index contributed by atoms with van der Waals surface area (Å²) in [5, 5.41) is 6.43. The van der Waals surface area contributed by atoms with Crippen LogP contribution < -0.4 is 25.0 Å². The fraction of sp³-hybridized carbons (Fsp3) is 0.238. The predicted molar refractivity (Wildman–Crippen MR) is 112 cm³/mol. The quantitative estimate of drug-likeness (QED) is 0.255. The van der Waals surface area contributed by atoms with Gasteiger partial charge in [0.1, 0.15) is 12.2 Å². The second kappa shape index (κ2) is 11.8. The van der Waals surface area contributed by atoms with Crippen LogP contribution in [0.1, 0.15) is 12.0 Å². The molecule has 0 aliphatic carbocycles. The number of nitrogens with zero attached hydrogens (tertiary/aromatic N) is 1. The smallest absolute Gasteiger partial charge is 0.343 e. The number of carbonyl (C=O) groups excluding carboxylic acids is 3. The number of carbonyl (C=O) groups is 3. The second-order valence-corrected chi connectivity index (χ2v) is 5.99. The number of anilines is 1. The highest BCUT2D eigenvalue weighted by Crippen LogP contribution is 2.27. The minimum absolute atomic E-state index is 0.257. The van der Waals surface area contributed by atoms with Gasteiger partial charge < -0.3 is 24.3 Å². The van der Waals surface area contributed by atoms with E-state index in [2.05, 4.69) is 20.6 Å². The Bertz CT molecular complexity index is 960. The van der Waals surface area contributed by atoms with Crippen LogP contribution in [-0.4, -0.2) is 51.9 Å². The molecule has 2 rings (SSSR count). The van der Waals surface area contributed by atoms with E-state index in [1.54, 1.807) is 42.5 Å². The SMILES string of the molecule is COC(=O)COc1ccc(C=NNC(=O)CC(=O)Nc2ccccc2OC)cc1OC. The van der Waals surface area contributed by atoms with Gasteiger partial charge in [0.15, 0.2) is 18.1 Å². The summed E-state index contributed by atoms with van der Waals surface area (Å²) < 4.78 is 20.2. The summed E-state index contributed by atoms with van der Waals surface area (Å²) in [6, 6.07) is 11.7. The first-order valence-electron chi connectivity index (χ1n) is 9.09. The van der Waals surface area contributed by atoms with Crippen LogP contribution in [0.25, 0.3) is 0 Å².